The highest BCUT2D eigenvalue weighted by Crippen LogP contribution is 2.23. The van der Waals surface area contributed by atoms with Crippen LogP contribution in [0, 0.1) is 11.8 Å². The third kappa shape index (κ3) is 6.36. The van der Waals surface area contributed by atoms with Crippen LogP contribution in [0.5, 0.6) is 0 Å². The number of methoxy groups -OCH3 is 1. The number of rotatable bonds is 8. The number of ether oxygens (including phenoxy) is 1. The number of hydrogen-bond donors (Lipinski definition) is 2. The lowest BCUT2D eigenvalue weighted by Gasteiger charge is -2.15. The van der Waals surface area contributed by atoms with Gasteiger partial charge in [0, 0.05) is 32.7 Å². The van der Waals surface area contributed by atoms with Crippen LogP contribution in [0.15, 0.2) is 54.6 Å². The summed E-state index contributed by atoms with van der Waals surface area (Å²) in [4.78, 5) is 11.2. The smallest absolute Gasteiger partial charge is 0.246 e. The van der Waals surface area contributed by atoms with E-state index < -0.39 is 0 Å². The summed E-state index contributed by atoms with van der Waals surface area (Å²) in [6.07, 6.45) is 4.48. The number of fused-ring (bicyclic) bond motifs is 1. The van der Waals surface area contributed by atoms with E-state index in [4.69, 9.17) is 4.74 Å². The van der Waals surface area contributed by atoms with E-state index in [1.807, 2.05) is 12.2 Å². The zero-order valence-corrected chi connectivity index (χ0v) is 15.4. The molecule has 0 bridgehead atoms. The van der Waals surface area contributed by atoms with Crippen molar-refractivity contribution >= 4 is 16.7 Å². The fraction of sp³-hybridized carbons (Fsp3) is 0.318. The molecule has 4 heteroatoms. The van der Waals surface area contributed by atoms with Crippen molar-refractivity contribution in [2.75, 3.05) is 26.8 Å². The Morgan fingerprint density at radius 1 is 1.23 bits per heavy atom. The van der Waals surface area contributed by atoms with Crippen LogP contribution in [0.25, 0.3) is 10.8 Å². The molecule has 0 heterocycles. The van der Waals surface area contributed by atoms with Crippen LogP contribution in [0.3, 0.4) is 0 Å². The van der Waals surface area contributed by atoms with E-state index in [1.54, 1.807) is 0 Å². The Bertz CT molecular complexity index is 797. The summed E-state index contributed by atoms with van der Waals surface area (Å²) in [6, 6.07) is 15.1. The zero-order valence-electron chi connectivity index (χ0n) is 15.4. The topological polar surface area (TPSA) is 50.4 Å². The predicted molar refractivity (Wildman–Crippen MR) is 107 cm³/mol. The number of nitrogens with one attached hydrogen (secondary N) is 2. The average Bonchev–Trinajstić information content (AvgIpc) is 2.66. The van der Waals surface area contributed by atoms with Crippen LogP contribution in [0.1, 0.15) is 24.9 Å². The highest BCUT2D eigenvalue weighted by Gasteiger charge is 2.07. The molecule has 1 amide bonds. The first-order valence-electron chi connectivity index (χ1n) is 8.82. The summed E-state index contributed by atoms with van der Waals surface area (Å²) < 4.78 is 4.73. The van der Waals surface area contributed by atoms with Gasteiger partial charge in [-0.25, -0.2) is 0 Å². The van der Waals surface area contributed by atoms with Crippen molar-refractivity contribution in [2.45, 2.75) is 19.4 Å². The van der Waals surface area contributed by atoms with E-state index >= 15 is 0 Å². The Morgan fingerprint density at radius 2 is 2.04 bits per heavy atom. The van der Waals surface area contributed by atoms with E-state index in [1.165, 1.54) is 23.4 Å². The summed E-state index contributed by atoms with van der Waals surface area (Å²) in [6.45, 7) is 3.56. The SMILES string of the molecule is COCC(=O)NCCC#CC=CCN[C@H](C)c1cccc2ccccc12. The highest BCUT2D eigenvalue weighted by atomic mass is 16.5. The van der Waals surface area contributed by atoms with Crippen molar-refractivity contribution in [3.8, 4) is 11.8 Å². The van der Waals surface area contributed by atoms with E-state index in [-0.39, 0.29) is 18.6 Å². The van der Waals surface area contributed by atoms with Crippen molar-refractivity contribution in [3.63, 3.8) is 0 Å². The van der Waals surface area contributed by atoms with Crippen LogP contribution >= 0.6 is 0 Å². The number of allylic oxidation sites excluding steroid dienone is 1. The maximum atomic E-state index is 11.2. The quantitative estimate of drug-likeness (QED) is 0.568. The van der Waals surface area contributed by atoms with Crippen molar-refractivity contribution in [3.05, 3.63) is 60.2 Å². The van der Waals surface area contributed by atoms with Gasteiger partial charge < -0.3 is 15.4 Å². The lowest BCUT2D eigenvalue weighted by Crippen LogP contribution is -2.27. The molecule has 26 heavy (non-hydrogen) atoms. The molecule has 2 rings (SSSR count). The molecule has 0 spiro atoms. The number of carbonyl (C=O) groups excluding carboxylic acids is 1. The number of carbonyl (C=O) groups is 1. The summed E-state index contributed by atoms with van der Waals surface area (Å²) in [5.74, 6) is 5.87. The molecule has 0 saturated carbocycles. The second-order valence-corrected chi connectivity index (χ2v) is 5.95. The summed E-state index contributed by atoms with van der Waals surface area (Å²) >= 11 is 0. The molecule has 0 unspecified atom stereocenters. The lowest BCUT2D eigenvalue weighted by atomic mass is 10.00. The van der Waals surface area contributed by atoms with Gasteiger partial charge >= 0.3 is 0 Å². The molecule has 0 aliphatic rings. The van der Waals surface area contributed by atoms with Crippen molar-refractivity contribution < 1.29 is 9.53 Å². The Kier molecular flexibility index (Phi) is 8.41. The largest absolute Gasteiger partial charge is 0.375 e. The molecular formula is C22H26N2O2. The van der Waals surface area contributed by atoms with Crippen molar-refractivity contribution in [2.24, 2.45) is 0 Å². The van der Waals surface area contributed by atoms with Gasteiger partial charge in [0.25, 0.3) is 0 Å². The van der Waals surface area contributed by atoms with Crippen LogP contribution < -0.4 is 10.6 Å². The van der Waals surface area contributed by atoms with Gasteiger partial charge in [0.05, 0.1) is 0 Å². The van der Waals surface area contributed by atoms with Crippen LogP contribution in [0.4, 0.5) is 0 Å². The molecule has 1 atom stereocenters. The predicted octanol–water partition coefficient (Wildman–Crippen LogP) is 3.20. The van der Waals surface area contributed by atoms with Crippen molar-refractivity contribution in [1.29, 1.82) is 0 Å². The summed E-state index contributed by atoms with van der Waals surface area (Å²) in [5, 5.41) is 8.78. The molecule has 2 aromatic carbocycles. The minimum atomic E-state index is -0.114. The molecule has 0 fully saturated rings. The monoisotopic (exact) mass is 350 g/mol. The first-order valence-corrected chi connectivity index (χ1v) is 8.82. The first-order chi connectivity index (χ1) is 12.7. The van der Waals surface area contributed by atoms with Gasteiger partial charge in [0.1, 0.15) is 6.61 Å². The second-order valence-electron chi connectivity index (χ2n) is 5.95. The number of amides is 1. The molecular weight excluding hydrogens is 324 g/mol. The second kappa shape index (κ2) is 11.1. The van der Waals surface area contributed by atoms with Gasteiger partial charge in [0.2, 0.25) is 5.91 Å². The van der Waals surface area contributed by atoms with Gasteiger partial charge in [-0.3, -0.25) is 4.79 Å². The van der Waals surface area contributed by atoms with Gasteiger partial charge in [-0.1, -0.05) is 60.4 Å². The van der Waals surface area contributed by atoms with E-state index in [0.717, 1.165) is 6.54 Å². The third-order valence-corrected chi connectivity index (χ3v) is 3.98. The number of hydrogen-bond acceptors (Lipinski definition) is 3. The fourth-order valence-electron chi connectivity index (χ4n) is 2.68. The summed E-state index contributed by atoms with van der Waals surface area (Å²) in [5.41, 5.74) is 1.30. The zero-order chi connectivity index (χ0) is 18.6. The van der Waals surface area contributed by atoms with E-state index in [9.17, 15) is 4.79 Å². The van der Waals surface area contributed by atoms with Gasteiger partial charge in [-0.2, -0.15) is 0 Å². The Labute approximate surface area is 155 Å². The van der Waals surface area contributed by atoms with Gasteiger partial charge in [-0.15, -0.1) is 0 Å². The molecule has 2 aromatic rings. The molecule has 0 aliphatic carbocycles. The first kappa shape index (κ1) is 19.7. The lowest BCUT2D eigenvalue weighted by molar-refractivity contribution is -0.124. The van der Waals surface area contributed by atoms with Gasteiger partial charge in [0.15, 0.2) is 0 Å². The molecule has 0 aliphatic heterocycles. The Balaban J connectivity index is 1.73. The molecule has 0 saturated heterocycles. The minimum absolute atomic E-state index is 0.0912. The fourth-order valence-corrected chi connectivity index (χ4v) is 2.68. The van der Waals surface area contributed by atoms with E-state index in [2.05, 4.69) is 71.9 Å². The summed E-state index contributed by atoms with van der Waals surface area (Å²) in [7, 11) is 1.50. The molecule has 136 valence electrons. The minimum Gasteiger partial charge on any atom is -0.375 e. The van der Waals surface area contributed by atoms with Crippen LogP contribution in [-0.2, 0) is 9.53 Å². The van der Waals surface area contributed by atoms with Gasteiger partial charge in [-0.05, 0) is 29.3 Å². The van der Waals surface area contributed by atoms with Crippen LogP contribution in [0.2, 0.25) is 0 Å². The number of benzene rings is 2. The Hall–Kier alpha value is -2.61. The van der Waals surface area contributed by atoms with E-state index in [0.29, 0.717) is 13.0 Å². The maximum absolute atomic E-state index is 11.2. The average molecular weight is 350 g/mol. The van der Waals surface area contributed by atoms with Crippen LogP contribution in [-0.4, -0.2) is 32.7 Å². The molecule has 4 nitrogen and oxygen atoms in total. The Morgan fingerprint density at radius 3 is 2.88 bits per heavy atom. The van der Waals surface area contributed by atoms with Crippen molar-refractivity contribution in [1.82, 2.24) is 10.6 Å². The maximum Gasteiger partial charge on any atom is 0.246 e. The highest BCUT2D eigenvalue weighted by molar-refractivity contribution is 5.86. The molecule has 0 aromatic heterocycles. The third-order valence-electron chi connectivity index (χ3n) is 3.98. The molecule has 0 radical (unpaired) electrons. The normalized spacial score (nSPS) is 11.9. The molecule has 2 N–H and O–H groups in total. The standard InChI is InChI=1S/C22H26N2O2/c1-18(20-14-10-12-19-11-6-7-13-21(19)20)23-15-8-4-3-5-9-16-24-22(25)17-26-2/h4,6-8,10-14,18,23H,9,15-17H2,1-2H3,(H,24,25)/t18-/m1/s1.